The smallest absolute Gasteiger partial charge is 0.255 e. The third-order valence-corrected chi connectivity index (χ3v) is 6.67. The van der Waals surface area contributed by atoms with Crippen molar-refractivity contribution >= 4 is 28.7 Å². The summed E-state index contributed by atoms with van der Waals surface area (Å²) in [7, 11) is 0. The van der Waals surface area contributed by atoms with E-state index in [0.29, 0.717) is 17.9 Å². The number of carbonyl (C=O) groups is 1. The first kappa shape index (κ1) is 21.8. The number of nitrogens with zero attached hydrogens (tertiary/aromatic N) is 3. The van der Waals surface area contributed by atoms with Gasteiger partial charge in [0, 0.05) is 40.1 Å². The van der Waals surface area contributed by atoms with Crippen LogP contribution in [0.2, 0.25) is 0 Å². The van der Waals surface area contributed by atoms with E-state index in [2.05, 4.69) is 45.0 Å². The quantitative estimate of drug-likeness (QED) is 0.319. The minimum atomic E-state index is -0.306. The fraction of sp³-hybridized carbons (Fsp3) is 0.115. The lowest BCUT2D eigenvalue weighted by Gasteiger charge is -2.16. The molecule has 1 atom stereocenters. The van der Waals surface area contributed by atoms with Gasteiger partial charge < -0.3 is 15.0 Å². The van der Waals surface area contributed by atoms with Crippen molar-refractivity contribution in [1.82, 2.24) is 19.7 Å². The van der Waals surface area contributed by atoms with Crippen LogP contribution in [0, 0.1) is 5.82 Å². The van der Waals surface area contributed by atoms with E-state index in [1.165, 1.54) is 12.1 Å². The molecule has 6 nitrogen and oxygen atoms in total. The van der Waals surface area contributed by atoms with E-state index in [9.17, 15) is 9.18 Å². The monoisotopic (exact) mass is 471 g/mol. The molecule has 8 heteroatoms. The summed E-state index contributed by atoms with van der Waals surface area (Å²) in [6.45, 7) is 2.41. The van der Waals surface area contributed by atoms with Gasteiger partial charge in [0.15, 0.2) is 0 Å². The van der Waals surface area contributed by atoms with Gasteiger partial charge in [0.25, 0.3) is 5.91 Å². The normalized spacial score (nSPS) is 11.9. The maximum atomic E-state index is 13.2. The number of hydrogen-bond donors (Lipinski definition) is 2. The molecule has 5 aromatic rings. The Morgan fingerprint density at radius 3 is 2.76 bits per heavy atom. The van der Waals surface area contributed by atoms with Gasteiger partial charge in [0.05, 0.1) is 18.2 Å². The molecule has 0 aliphatic rings. The van der Waals surface area contributed by atoms with Gasteiger partial charge in [-0.2, -0.15) is 0 Å². The first-order valence-corrected chi connectivity index (χ1v) is 11.7. The third kappa shape index (κ3) is 4.67. The zero-order valence-electron chi connectivity index (χ0n) is 18.4. The van der Waals surface area contributed by atoms with Crippen LogP contribution in [0.1, 0.15) is 33.8 Å². The van der Waals surface area contributed by atoms with Gasteiger partial charge in [-0.15, -0.1) is 11.3 Å². The van der Waals surface area contributed by atoms with Crippen LogP contribution in [0.3, 0.4) is 0 Å². The second kappa shape index (κ2) is 9.44. The predicted octanol–water partition coefficient (Wildman–Crippen LogP) is 5.70. The van der Waals surface area contributed by atoms with Crippen LogP contribution in [-0.2, 0) is 6.54 Å². The van der Waals surface area contributed by atoms with Crippen LogP contribution in [-0.4, -0.2) is 20.3 Å². The Hall–Kier alpha value is -4.04. The zero-order valence-corrected chi connectivity index (χ0v) is 19.2. The number of halogens is 1. The number of amides is 1. The maximum absolute atomic E-state index is 13.2. The van der Waals surface area contributed by atoms with E-state index in [0.717, 1.165) is 26.5 Å². The molecule has 1 amide bonds. The lowest BCUT2D eigenvalue weighted by molar-refractivity contribution is 0.0940. The second-order valence-corrected chi connectivity index (χ2v) is 9.04. The van der Waals surface area contributed by atoms with Crippen LogP contribution in [0.15, 0.2) is 85.5 Å². The Bertz CT molecular complexity index is 1440. The molecule has 5 rings (SSSR count). The maximum Gasteiger partial charge on any atom is 0.255 e. The minimum absolute atomic E-state index is 0.243. The number of anilines is 1. The molecule has 0 radical (unpaired) electrons. The molecular weight excluding hydrogens is 449 g/mol. The number of carbonyl (C=O) groups excluding carboxylic acids is 1. The minimum Gasteiger partial charge on any atom is -0.365 e. The summed E-state index contributed by atoms with van der Waals surface area (Å²) in [6.07, 6.45) is 7.43. The molecule has 0 bridgehead atoms. The summed E-state index contributed by atoms with van der Waals surface area (Å²) in [5.74, 6) is -0.0333. The summed E-state index contributed by atoms with van der Waals surface area (Å²) >= 11 is 1.68. The Morgan fingerprint density at radius 2 is 1.91 bits per heavy atom. The van der Waals surface area contributed by atoms with E-state index in [1.54, 1.807) is 48.0 Å². The van der Waals surface area contributed by atoms with E-state index < -0.39 is 0 Å². The number of hydrogen-bond acceptors (Lipinski definition) is 5. The molecule has 1 aromatic carbocycles. The number of pyridine rings is 2. The van der Waals surface area contributed by atoms with E-state index in [4.69, 9.17) is 0 Å². The second-order valence-electron chi connectivity index (χ2n) is 7.88. The fourth-order valence-corrected chi connectivity index (χ4v) is 4.64. The largest absolute Gasteiger partial charge is 0.365 e. The molecule has 0 aliphatic carbocycles. The Kier molecular flexibility index (Phi) is 6.05. The number of aromatic nitrogens is 3. The predicted molar refractivity (Wildman–Crippen MR) is 132 cm³/mol. The molecule has 34 heavy (non-hydrogen) atoms. The average Bonchev–Trinajstić information content (AvgIpc) is 3.52. The van der Waals surface area contributed by atoms with Crippen molar-refractivity contribution in [3.05, 3.63) is 107 Å². The molecule has 1 unspecified atom stereocenters. The van der Waals surface area contributed by atoms with Gasteiger partial charge in [-0.3, -0.25) is 4.79 Å². The SMILES string of the molecule is CC(NC(=O)c1cccnc1NCc1ccc(-c2ccc3nccn3c2)s1)c1ccc(F)cc1. The van der Waals surface area contributed by atoms with E-state index in [-0.39, 0.29) is 17.8 Å². The molecule has 0 aliphatic heterocycles. The van der Waals surface area contributed by atoms with E-state index in [1.807, 2.05) is 23.6 Å². The van der Waals surface area contributed by atoms with Crippen molar-refractivity contribution < 1.29 is 9.18 Å². The highest BCUT2D eigenvalue weighted by molar-refractivity contribution is 7.15. The third-order valence-electron chi connectivity index (χ3n) is 5.53. The van der Waals surface area contributed by atoms with E-state index >= 15 is 0 Å². The molecule has 4 heterocycles. The zero-order chi connectivity index (χ0) is 23.5. The lowest BCUT2D eigenvalue weighted by atomic mass is 10.1. The Morgan fingerprint density at radius 1 is 1.06 bits per heavy atom. The summed E-state index contributed by atoms with van der Waals surface area (Å²) < 4.78 is 15.2. The van der Waals surface area contributed by atoms with Crippen LogP contribution >= 0.6 is 11.3 Å². The van der Waals surface area contributed by atoms with Crippen LogP contribution in [0.5, 0.6) is 0 Å². The summed E-state index contributed by atoms with van der Waals surface area (Å²) in [5.41, 5.74) is 3.32. The number of nitrogens with one attached hydrogen (secondary N) is 2. The standard InChI is InChI=1S/C26H22FN5OS/c1-17(18-4-7-20(27)8-5-18)31-26(33)22-3-2-12-29-25(22)30-15-21-9-10-23(34-21)19-6-11-24-28-13-14-32(24)16-19/h2-14,16-17H,15H2,1H3,(H,29,30)(H,31,33). The van der Waals surface area contributed by atoms with Crippen LogP contribution < -0.4 is 10.6 Å². The first-order valence-electron chi connectivity index (χ1n) is 10.8. The molecule has 4 aromatic heterocycles. The van der Waals surface area contributed by atoms with Crippen molar-refractivity contribution in [2.45, 2.75) is 19.5 Å². The molecule has 0 fully saturated rings. The molecule has 2 N–H and O–H groups in total. The van der Waals surface area contributed by atoms with Gasteiger partial charge in [-0.1, -0.05) is 12.1 Å². The number of rotatable bonds is 7. The van der Waals surface area contributed by atoms with Gasteiger partial charge in [0.2, 0.25) is 0 Å². The van der Waals surface area contributed by atoms with Crippen molar-refractivity contribution in [1.29, 1.82) is 0 Å². The van der Waals surface area contributed by atoms with Crippen molar-refractivity contribution in [3.8, 4) is 10.4 Å². The molecule has 0 saturated carbocycles. The Labute approximate surface area is 200 Å². The number of fused-ring (bicyclic) bond motifs is 1. The number of benzene rings is 1. The van der Waals surface area contributed by atoms with Gasteiger partial charge >= 0.3 is 0 Å². The summed E-state index contributed by atoms with van der Waals surface area (Å²) in [4.78, 5) is 23.9. The topological polar surface area (TPSA) is 71.3 Å². The summed E-state index contributed by atoms with van der Waals surface area (Å²) in [6, 6.07) is 17.5. The molecule has 170 valence electrons. The van der Waals surface area contributed by atoms with Gasteiger partial charge in [-0.05, 0) is 61.0 Å². The highest BCUT2D eigenvalue weighted by Crippen LogP contribution is 2.29. The van der Waals surface area contributed by atoms with Crippen molar-refractivity contribution in [2.75, 3.05) is 5.32 Å². The molecular formula is C26H22FN5OS. The number of imidazole rings is 1. The molecule has 0 saturated heterocycles. The Balaban J connectivity index is 1.27. The van der Waals surface area contributed by atoms with Gasteiger partial charge in [0.1, 0.15) is 17.3 Å². The van der Waals surface area contributed by atoms with Crippen LogP contribution in [0.25, 0.3) is 16.1 Å². The highest BCUT2D eigenvalue weighted by Gasteiger charge is 2.16. The summed E-state index contributed by atoms with van der Waals surface area (Å²) in [5, 5.41) is 6.26. The number of thiophene rings is 1. The fourth-order valence-electron chi connectivity index (χ4n) is 3.70. The first-order chi connectivity index (χ1) is 16.6. The highest BCUT2D eigenvalue weighted by atomic mass is 32.1. The van der Waals surface area contributed by atoms with Crippen molar-refractivity contribution in [3.63, 3.8) is 0 Å². The average molecular weight is 472 g/mol. The van der Waals surface area contributed by atoms with Crippen LogP contribution in [0.4, 0.5) is 10.2 Å². The lowest BCUT2D eigenvalue weighted by Crippen LogP contribution is -2.27. The van der Waals surface area contributed by atoms with Crippen molar-refractivity contribution in [2.24, 2.45) is 0 Å². The van der Waals surface area contributed by atoms with Gasteiger partial charge in [-0.25, -0.2) is 14.4 Å². The molecule has 0 spiro atoms.